The molecule has 0 aliphatic carbocycles. The van der Waals surface area contributed by atoms with Gasteiger partial charge in [0.1, 0.15) is 11.9 Å². The Kier molecular flexibility index (Phi) is 3.40. The Morgan fingerprint density at radius 1 is 1.29 bits per heavy atom. The number of nitriles is 1. The molecule has 1 N–H and O–H groups in total. The van der Waals surface area contributed by atoms with Crippen LogP contribution in [0.2, 0.25) is 0 Å². The third-order valence-electron chi connectivity index (χ3n) is 2.40. The predicted octanol–water partition coefficient (Wildman–Crippen LogP) is 3.77. The summed E-state index contributed by atoms with van der Waals surface area (Å²) in [5.74, 6) is 0.583. The van der Waals surface area contributed by atoms with Crippen molar-refractivity contribution in [3.05, 3.63) is 52.1 Å². The highest BCUT2D eigenvalue weighted by atomic mass is 79.9. The van der Waals surface area contributed by atoms with E-state index in [0.717, 1.165) is 15.7 Å². The number of halogens is 1. The zero-order valence-corrected chi connectivity index (χ0v) is 10.8. The molecule has 4 heteroatoms. The lowest BCUT2D eigenvalue weighted by Gasteiger charge is -2.09. The van der Waals surface area contributed by atoms with Crippen LogP contribution in [0.4, 0.5) is 11.5 Å². The molecular formula is C13H10BrN3. The number of nitrogens with zero attached hydrogens (tertiary/aromatic N) is 2. The molecular weight excluding hydrogens is 278 g/mol. The number of rotatable bonds is 2. The molecule has 0 aliphatic heterocycles. The molecule has 2 aromatic rings. The third kappa shape index (κ3) is 2.45. The monoisotopic (exact) mass is 287 g/mol. The fraction of sp³-hybridized carbons (Fsp3) is 0.0769. The van der Waals surface area contributed by atoms with Crippen LogP contribution in [0.15, 0.2) is 41.0 Å². The van der Waals surface area contributed by atoms with Gasteiger partial charge in [0.25, 0.3) is 0 Å². The Morgan fingerprint density at radius 3 is 2.76 bits per heavy atom. The van der Waals surface area contributed by atoms with Crippen molar-refractivity contribution in [2.45, 2.75) is 6.92 Å². The highest BCUT2D eigenvalue weighted by Gasteiger charge is 2.07. The Labute approximate surface area is 108 Å². The molecule has 0 fully saturated rings. The van der Waals surface area contributed by atoms with Crippen LogP contribution < -0.4 is 5.32 Å². The van der Waals surface area contributed by atoms with E-state index in [1.165, 1.54) is 0 Å². The van der Waals surface area contributed by atoms with Crippen LogP contribution in [0.25, 0.3) is 0 Å². The largest absolute Gasteiger partial charge is 0.338 e. The fourth-order valence-corrected chi connectivity index (χ4v) is 1.87. The molecule has 0 radical (unpaired) electrons. The number of benzene rings is 1. The van der Waals surface area contributed by atoms with Crippen molar-refractivity contribution >= 4 is 27.4 Å². The molecule has 0 amide bonds. The van der Waals surface area contributed by atoms with Crippen molar-refractivity contribution in [3.63, 3.8) is 0 Å². The van der Waals surface area contributed by atoms with Gasteiger partial charge in [0.05, 0.1) is 11.3 Å². The minimum Gasteiger partial charge on any atom is -0.338 e. The van der Waals surface area contributed by atoms with Crippen molar-refractivity contribution in [2.24, 2.45) is 0 Å². The van der Waals surface area contributed by atoms with Crippen LogP contribution >= 0.6 is 15.9 Å². The molecule has 0 bridgehead atoms. The molecule has 1 aromatic heterocycles. The Hall–Kier alpha value is -1.86. The van der Waals surface area contributed by atoms with E-state index in [4.69, 9.17) is 5.26 Å². The lowest BCUT2D eigenvalue weighted by atomic mass is 10.1. The van der Waals surface area contributed by atoms with E-state index in [0.29, 0.717) is 11.4 Å². The summed E-state index contributed by atoms with van der Waals surface area (Å²) in [5.41, 5.74) is 2.38. The van der Waals surface area contributed by atoms with Gasteiger partial charge in [-0.1, -0.05) is 12.1 Å². The maximum atomic E-state index is 9.10. The molecule has 2 rings (SSSR count). The van der Waals surface area contributed by atoms with E-state index in [2.05, 4.69) is 32.3 Å². The highest BCUT2D eigenvalue weighted by molar-refractivity contribution is 9.10. The fourth-order valence-electron chi connectivity index (χ4n) is 1.48. The maximum Gasteiger partial charge on any atom is 0.148 e. The van der Waals surface area contributed by atoms with Crippen molar-refractivity contribution in [1.82, 2.24) is 4.98 Å². The molecule has 0 spiro atoms. The molecule has 84 valence electrons. The summed E-state index contributed by atoms with van der Waals surface area (Å²) in [7, 11) is 0. The molecule has 1 heterocycles. The van der Waals surface area contributed by atoms with E-state index in [-0.39, 0.29) is 0 Å². The number of aromatic nitrogens is 1. The summed E-state index contributed by atoms with van der Waals surface area (Å²) < 4.78 is 0.937. The summed E-state index contributed by atoms with van der Waals surface area (Å²) in [6, 6.07) is 11.7. The zero-order valence-electron chi connectivity index (χ0n) is 9.24. The second kappa shape index (κ2) is 4.98. The van der Waals surface area contributed by atoms with Gasteiger partial charge in [0, 0.05) is 10.7 Å². The highest BCUT2D eigenvalue weighted by Crippen LogP contribution is 2.26. The average Bonchev–Trinajstić information content (AvgIpc) is 2.32. The maximum absolute atomic E-state index is 9.10. The first kappa shape index (κ1) is 11.6. The van der Waals surface area contributed by atoms with E-state index in [9.17, 15) is 0 Å². The SMILES string of the molecule is Cc1ccnc(Nc2ccccc2Br)c1C#N. The minimum atomic E-state index is 0.572. The smallest absolute Gasteiger partial charge is 0.148 e. The number of para-hydroxylation sites is 1. The van der Waals surface area contributed by atoms with Crippen molar-refractivity contribution in [2.75, 3.05) is 5.32 Å². The van der Waals surface area contributed by atoms with Crippen LogP contribution in [0.3, 0.4) is 0 Å². The van der Waals surface area contributed by atoms with Gasteiger partial charge in [-0.15, -0.1) is 0 Å². The standard InChI is InChI=1S/C13H10BrN3/c1-9-6-7-16-13(10(9)8-15)17-12-5-3-2-4-11(12)14/h2-7H,1H3,(H,16,17). The first-order chi connectivity index (χ1) is 8.22. The summed E-state index contributed by atoms with van der Waals surface area (Å²) in [6.45, 7) is 1.89. The Balaban J connectivity index is 2.41. The Morgan fingerprint density at radius 2 is 2.06 bits per heavy atom. The van der Waals surface area contributed by atoms with Gasteiger partial charge in [-0.25, -0.2) is 4.98 Å². The van der Waals surface area contributed by atoms with Crippen LogP contribution in [-0.2, 0) is 0 Å². The Bertz CT molecular complexity index is 587. The zero-order chi connectivity index (χ0) is 12.3. The van der Waals surface area contributed by atoms with E-state index in [1.54, 1.807) is 6.20 Å². The quantitative estimate of drug-likeness (QED) is 0.915. The predicted molar refractivity (Wildman–Crippen MR) is 71.1 cm³/mol. The summed E-state index contributed by atoms with van der Waals surface area (Å²) >= 11 is 3.45. The molecule has 17 heavy (non-hydrogen) atoms. The van der Waals surface area contributed by atoms with E-state index < -0.39 is 0 Å². The van der Waals surface area contributed by atoms with Gasteiger partial charge in [0.15, 0.2) is 0 Å². The first-order valence-corrected chi connectivity index (χ1v) is 5.89. The topological polar surface area (TPSA) is 48.7 Å². The minimum absolute atomic E-state index is 0.572. The number of anilines is 2. The lowest BCUT2D eigenvalue weighted by Crippen LogP contribution is -1.98. The first-order valence-electron chi connectivity index (χ1n) is 5.09. The molecule has 1 aromatic carbocycles. The van der Waals surface area contributed by atoms with Crippen molar-refractivity contribution in [3.8, 4) is 6.07 Å². The lowest BCUT2D eigenvalue weighted by molar-refractivity contribution is 1.24. The molecule has 0 saturated heterocycles. The molecule has 0 aliphatic rings. The van der Waals surface area contributed by atoms with Gasteiger partial charge in [-0.2, -0.15) is 5.26 Å². The third-order valence-corrected chi connectivity index (χ3v) is 3.09. The normalized spacial score (nSPS) is 9.71. The summed E-state index contributed by atoms with van der Waals surface area (Å²) in [5, 5.41) is 12.3. The van der Waals surface area contributed by atoms with Gasteiger partial charge in [-0.05, 0) is 46.6 Å². The van der Waals surface area contributed by atoms with Crippen LogP contribution in [0, 0.1) is 18.3 Å². The van der Waals surface area contributed by atoms with Crippen LogP contribution in [0.5, 0.6) is 0 Å². The molecule has 3 nitrogen and oxygen atoms in total. The number of aryl methyl sites for hydroxylation is 1. The van der Waals surface area contributed by atoms with Gasteiger partial charge in [-0.3, -0.25) is 0 Å². The van der Waals surface area contributed by atoms with Crippen molar-refractivity contribution in [1.29, 1.82) is 5.26 Å². The molecule has 0 atom stereocenters. The number of nitrogens with one attached hydrogen (secondary N) is 1. The number of hydrogen-bond donors (Lipinski definition) is 1. The van der Waals surface area contributed by atoms with Gasteiger partial charge >= 0.3 is 0 Å². The van der Waals surface area contributed by atoms with E-state index >= 15 is 0 Å². The van der Waals surface area contributed by atoms with Crippen LogP contribution in [-0.4, -0.2) is 4.98 Å². The average molecular weight is 288 g/mol. The molecule has 0 saturated carbocycles. The van der Waals surface area contributed by atoms with Crippen molar-refractivity contribution < 1.29 is 0 Å². The van der Waals surface area contributed by atoms with E-state index in [1.807, 2.05) is 37.3 Å². The number of hydrogen-bond acceptors (Lipinski definition) is 3. The van der Waals surface area contributed by atoms with Crippen LogP contribution in [0.1, 0.15) is 11.1 Å². The summed E-state index contributed by atoms with van der Waals surface area (Å²) in [4.78, 5) is 4.19. The number of pyridine rings is 1. The second-order valence-electron chi connectivity index (χ2n) is 3.57. The summed E-state index contributed by atoms with van der Waals surface area (Å²) in [6.07, 6.45) is 1.69. The second-order valence-corrected chi connectivity index (χ2v) is 4.42. The van der Waals surface area contributed by atoms with Gasteiger partial charge in [0.2, 0.25) is 0 Å². The molecule has 0 unspecified atom stereocenters. The van der Waals surface area contributed by atoms with Gasteiger partial charge < -0.3 is 5.32 Å².